The minimum absolute atomic E-state index is 0.0642. The van der Waals surface area contributed by atoms with Gasteiger partial charge in [0.2, 0.25) is 23.7 Å². The molecule has 50 heavy (non-hydrogen) atoms. The van der Waals surface area contributed by atoms with Crippen molar-refractivity contribution in [3.63, 3.8) is 0 Å². The molecule has 0 radical (unpaired) electrons. The predicted octanol–water partition coefficient (Wildman–Crippen LogP) is 3.14. The normalized spacial score (nSPS) is 10.4. The number of aryl methyl sites for hydroxylation is 4. The van der Waals surface area contributed by atoms with E-state index in [1.807, 2.05) is 0 Å². The zero-order valence-corrected chi connectivity index (χ0v) is 31.5. The zero-order chi connectivity index (χ0) is 38.4. The van der Waals surface area contributed by atoms with Gasteiger partial charge in [-0.2, -0.15) is 0 Å². The second-order valence-electron chi connectivity index (χ2n) is 11.1. The lowest BCUT2D eigenvalue weighted by atomic mass is 10.3. The van der Waals surface area contributed by atoms with Crippen LogP contribution in [0.1, 0.15) is 36.6 Å². The molecule has 16 nitrogen and oxygen atoms in total. The van der Waals surface area contributed by atoms with Crippen LogP contribution in [0.15, 0.2) is 70.5 Å². The monoisotopic (exact) mass is 730 g/mol. The fourth-order valence-electron chi connectivity index (χ4n) is 3.20. The smallest absolute Gasteiger partial charge is 0.264 e. The number of benzene rings is 2. The van der Waals surface area contributed by atoms with Crippen LogP contribution in [0.4, 0.5) is 23.3 Å². The topological polar surface area (TPSA) is 237 Å². The number of rotatable bonds is 6. The standard InChI is InChI=1S/2C12H14N4O2S.2C4H9NO/c2*1-8-7-9(2)15-12(14-8)16-19(17,18)11-5-3-10(13)4-6-11;2*1-4(6)5(2)3/h2*3-7H,13H2,1-2H3,(H,14,15,16);2*1-3H3. The molecule has 4 rings (SSSR count). The molecular weight excluding hydrogens is 685 g/mol. The van der Waals surface area contributed by atoms with Gasteiger partial charge in [0.15, 0.2) is 0 Å². The van der Waals surface area contributed by atoms with Crippen molar-refractivity contribution in [2.45, 2.75) is 51.3 Å². The van der Waals surface area contributed by atoms with Gasteiger partial charge >= 0.3 is 0 Å². The van der Waals surface area contributed by atoms with Crippen molar-refractivity contribution in [2.24, 2.45) is 0 Å². The van der Waals surface area contributed by atoms with E-state index in [0.717, 1.165) is 0 Å². The van der Waals surface area contributed by atoms with Crippen molar-refractivity contribution in [1.82, 2.24) is 29.7 Å². The quantitative estimate of drug-likeness (QED) is 0.209. The lowest BCUT2D eigenvalue weighted by Gasteiger charge is -2.08. The molecule has 4 aromatic rings. The van der Waals surface area contributed by atoms with Gasteiger partial charge in [0.05, 0.1) is 9.79 Å². The maximum atomic E-state index is 12.1. The molecule has 0 spiro atoms. The molecule has 272 valence electrons. The molecule has 0 aliphatic carbocycles. The average Bonchev–Trinajstić information content (AvgIpc) is 2.97. The summed E-state index contributed by atoms with van der Waals surface area (Å²) in [5, 5.41) is 0. The van der Waals surface area contributed by atoms with Crippen molar-refractivity contribution < 1.29 is 26.4 Å². The van der Waals surface area contributed by atoms with Crippen LogP contribution in [0.25, 0.3) is 0 Å². The first-order valence-electron chi connectivity index (χ1n) is 14.8. The number of hydrogen-bond donors (Lipinski definition) is 4. The highest BCUT2D eigenvalue weighted by molar-refractivity contribution is 7.93. The Morgan fingerprint density at radius 2 is 0.760 bits per heavy atom. The van der Waals surface area contributed by atoms with Crippen LogP contribution in [-0.2, 0) is 29.6 Å². The number of nitrogens with two attached hydrogens (primary N) is 2. The Labute approximate surface area is 294 Å². The number of nitrogens with zero attached hydrogens (tertiary/aromatic N) is 6. The molecule has 0 aliphatic heterocycles. The van der Waals surface area contributed by atoms with Gasteiger partial charge in [0.1, 0.15) is 0 Å². The maximum Gasteiger partial charge on any atom is 0.264 e. The number of nitrogen functional groups attached to an aromatic ring is 2. The fraction of sp³-hybridized carbons (Fsp3) is 0.312. The molecule has 2 aromatic heterocycles. The summed E-state index contributed by atoms with van der Waals surface area (Å²) in [5.41, 5.74) is 14.8. The van der Waals surface area contributed by atoms with Crippen molar-refractivity contribution >= 4 is 55.1 Å². The van der Waals surface area contributed by atoms with Crippen LogP contribution >= 0.6 is 0 Å². The van der Waals surface area contributed by atoms with E-state index < -0.39 is 20.0 Å². The molecule has 0 atom stereocenters. The Hall–Kier alpha value is -5.36. The molecule has 0 fully saturated rings. The Morgan fingerprint density at radius 1 is 0.540 bits per heavy atom. The summed E-state index contributed by atoms with van der Waals surface area (Å²) in [6, 6.07) is 15.4. The van der Waals surface area contributed by atoms with Crippen LogP contribution < -0.4 is 20.9 Å². The maximum absolute atomic E-state index is 12.1. The minimum Gasteiger partial charge on any atom is -0.399 e. The van der Waals surface area contributed by atoms with Gasteiger partial charge in [-0.1, -0.05) is 0 Å². The summed E-state index contributed by atoms with van der Waals surface area (Å²) in [7, 11) is -0.490. The summed E-state index contributed by atoms with van der Waals surface area (Å²) in [6.07, 6.45) is 0. The summed E-state index contributed by atoms with van der Waals surface area (Å²) < 4.78 is 53.1. The summed E-state index contributed by atoms with van der Waals surface area (Å²) in [4.78, 5) is 39.6. The third kappa shape index (κ3) is 15.7. The number of aromatic nitrogens is 4. The highest BCUT2D eigenvalue weighted by atomic mass is 32.2. The van der Waals surface area contributed by atoms with Gasteiger partial charge in [-0.15, -0.1) is 0 Å². The average molecular weight is 731 g/mol. The van der Waals surface area contributed by atoms with E-state index >= 15 is 0 Å². The Balaban J connectivity index is 0.000000379. The molecule has 2 heterocycles. The van der Waals surface area contributed by atoms with Crippen molar-refractivity contribution in [3.05, 3.63) is 83.4 Å². The zero-order valence-electron chi connectivity index (χ0n) is 29.9. The number of anilines is 4. The molecule has 6 N–H and O–H groups in total. The lowest BCUT2D eigenvalue weighted by molar-refractivity contribution is -0.127. The predicted molar refractivity (Wildman–Crippen MR) is 195 cm³/mol. The molecule has 2 aromatic carbocycles. The van der Waals surface area contributed by atoms with Crippen LogP contribution in [0.2, 0.25) is 0 Å². The lowest BCUT2D eigenvalue weighted by Crippen LogP contribution is -2.17. The first-order chi connectivity index (χ1) is 23.0. The number of carbonyl (C=O) groups is 2. The minimum atomic E-state index is -3.69. The number of carbonyl (C=O) groups excluding carboxylic acids is 2. The van der Waals surface area contributed by atoms with E-state index in [2.05, 4.69) is 29.4 Å². The second-order valence-corrected chi connectivity index (χ2v) is 14.5. The highest BCUT2D eigenvalue weighted by Gasteiger charge is 2.17. The SMILES string of the molecule is CC(=O)N(C)C.CC(=O)N(C)C.Cc1cc(C)nc(NS(=O)(=O)c2ccc(N)cc2)n1.Cc1cc(C)nc(NS(=O)(=O)c2ccc(N)cc2)n1. The first kappa shape index (κ1) is 42.7. The Kier molecular flexibility index (Phi) is 16.2. The largest absolute Gasteiger partial charge is 0.399 e. The van der Waals surface area contributed by atoms with Gasteiger partial charge in [-0.05, 0) is 88.4 Å². The van der Waals surface area contributed by atoms with Gasteiger partial charge < -0.3 is 21.3 Å². The number of hydrogen-bond acceptors (Lipinski definition) is 12. The molecule has 0 unspecified atom stereocenters. The van der Waals surface area contributed by atoms with E-state index in [-0.39, 0.29) is 33.5 Å². The second kappa shape index (κ2) is 19.0. The van der Waals surface area contributed by atoms with E-state index in [4.69, 9.17) is 11.5 Å². The first-order valence-corrected chi connectivity index (χ1v) is 17.8. The van der Waals surface area contributed by atoms with Gasteiger partial charge in [-0.25, -0.2) is 46.2 Å². The van der Waals surface area contributed by atoms with Gasteiger partial charge in [0, 0.05) is 76.2 Å². The van der Waals surface area contributed by atoms with Gasteiger partial charge in [-0.3, -0.25) is 9.59 Å². The Bertz CT molecular complexity index is 1770. The molecule has 0 saturated carbocycles. The van der Waals surface area contributed by atoms with Gasteiger partial charge in [0.25, 0.3) is 20.0 Å². The summed E-state index contributed by atoms with van der Waals surface area (Å²) >= 11 is 0. The molecule has 0 bridgehead atoms. The number of nitrogens with one attached hydrogen (secondary N) is 2. The van der Waals surface area contributed by atoms with Crippen LogP contribution in [0.3, 0.4) is 0 Å². The molecular formula is C32H46N10O6S2. The molecule has 0 aliphatic rings. The van der Waals surface area contributed by atoms with Crippen LogP contribution in [-0.4, -0.2) is 86.6 Å². The third-order valence-corrected chi connectivity index (χ3v) is 8.74. The molecule has 2 amide bonds. The fourth-order valence-corrected chi connectivity index (χ4v) is 5.08. The summed E-state index contributed by atoms with van der Waals surface area (Å²) in [6.45, 7) is 10.1. The van der Waals surface area contributed by atoms with E-state index in [9.17, 15) is 26.4 Å². The molecule has 0 saturated heterocycles. The van der Waals surface area contributed by atoms with E-state index in [0.29, 0.717) is 34.2 Å². The number of sulfonamides is 2. The molecule has 18 heteroatoms. The van der Waals surface area contributed by atoms with Crippen molar-refractivity contribution in [1.29, 1.82) is 0 Å². The highest BCUT2D eigenvalue weighted by Crippen LogP contribution is 2.16. The van der Waals surface area contributed by atoms with Crippen LogP contribution in [0.5, 0.6) is 0 Å². The van der Waals surface area contributed by atoms with Crippen LogP contribution in [0, 0.1) is 27.7 Å². The Morgan fingerprint density at radius 3 is 0.960 bits per heavy atom. The van der Waals surface area contributed by atoms with E-state index in [1.54, 1.807) is 68.0 Å². The van der Waals surface area contributed by atoms with Crippen molar-refractivity contribution in [2.75, 3.05) is 49.1 Å². The van der Waals surface area contributed by atoms with Crippen molar-refractivity contribution in [3.8, 4) is 0 Å². The van der Waals surface area contributed by atoms with E-state index in [1.165, 1.54) is 72.2 Å². The summed E-state index contributed by atoms with van der Waals surface area (Å²) in [5.74, 6) is 0.314. The third-order valence-electron chi connectivity index (χ3n) is 6.06. The number of amides is 2.